The summed E-state index contributed by atoms with van der Waals surface area (Å²) in [5.41, 5.74) is 7.18. The highest BCUT2D eigenvalue weighted by Crippen LogP contribution is 2.25. The zero-order valence-corrected chi connectivity index (χ0v) is 15.4. The van der Waals surface area contributed by atoms with E-state index in [9.17, 15) is 10.1 Å². The Balaban J connectivity index is 2.01. The molecule has 5 heteroatoms. The molecule has 0 atom stereocenters. The SMILES string of the molecule is Cc1cccc(N=Cc2cc(C)n(-c3cccc([N+](=O)[O-])c3)c2C)c1C. The summed E-state index contributed by atoms with van der Waals surface area (Å²) >= 11 is 0. The van der Waals surface area contributed by atoms with Crippen molar-refractivity contribution in [3.8, 4) is 5.69 Å². The quantitative estimate of drug-likeness (QED) is 0.362. The molecule has 0 unspecified atom stereocenters. The number of aryl methyl sites for hydroxylation is 2. The summed E-state index contributed by atoms with van der Waals surface area (Å²) in [4.78, 5) is 15.3. The van der Waals surface area contributed by atoms with Crippen molar-refractivity contribution in [1.82, 2.24) is 4.57 Å². The molecule has 0 saturated heterocycles. The monoisotopic (exact) mass is 347 g/mol. The van der Waals surface area contributed by atoms with Crippen molar-refractivity contribution < 1.29 is 4.92 Å². The summed E-state index contributed by atoms with van der Waals surface area (Å²) < 4.78 is 2.01. The third-order valence-electron chi connectivity index (χ3n) is 4.69. The van der Waals surface area contributed by atoms with Crippen LogP contribution in [0.4, 0.5) is 11.4 Å². The zero-order chi connectivity index (χ0) is 18.8. The number of hydrogen-bond acceptors (Lipinski definition) is 3. The van der Waals surface area contributed by atoms with E-state index in [-0.39, 0.29) is 10.6 Å². The number of benzene rings is 2. The van der Waals surface area contributed by atoms with E-state index in [2.05, 4.69) is 24.9 Å². The number of nitro groups is 1. The smallest absolute Gasteiger partial charge is 0.271 e. The van der Waals surface area contributed by atoms with E-state index in [1.807, 2.05) is 48.9 Å². The van der Waals surface area contributed by atoms with Crippen LogP contribution in [-0.4, -0.2) is 15.7 Å². The van der Waals surface area contributed by atoms with E-state index in [0.29, 0.717) is 0 Å². The summed E-state index contributed by atoms with van der Waals surface area (Å²) in [6.45, 7) is 8.12. The molecule has 26 heavy (non-hydrogen) atoms. The van der Waals surface area contributed by atoms with Crippen LogP contribution in [0.25, 0.3) is 5.69 Å². The van der Waals surface area contributed by atoms with E-state index in [4.69, 9.17) is 0 Å². The minimum absolute atomic E-state index is 0.0839. The Bertz CT molecular complexity index is 1020. The molecule has 0 N–H and O–H groups in total. The maximum Gasteiger partial charge on any atom is 0.271 e. The van der Waals surface area contributed by atoms with E-state index in [1.165, 1.54) is 11.6 Å². The Kier molecular flexibility index (Phi) is 4.71. The first-order valence-electron chi connectivity index (χ1n) is 8.42. The van der Waals surface area contributed by atoms with Gasteiger partial charge in [-0.05, 0) is 57.0 Å². The Morgan fingerprint density at radius 2 is 1.77 bits per heavy atom. The van der Waals surface area contributed by atoms with Gasteiger partial charge in [-0.15, -0.1) is 0 Å². The van der Waals surface area contributed by atoms with Crippen LogP contribution in [0.2, 0.25) is 0 Å². The van der Waals surface area contributed by atoms with Crippen LogP contribution >= 0.6 is 0 Å². The summed E-state index contributed by atoms with van der Waals surface area (Å²) in [5, 5.41) is 11.1. The minimum Gasteiger partial charge on any atom is -0.318 e. The Hall–Kier alpha value is -3.21. The zero-order valence-electron chi connectivity index (χ0n) is 15.4. The molecular formula is C21H21N3O2. The number of non-ortho nitro benzene ring substituents is 1. The Morgan fingerprint density at radius 1 is 1.04 bits per heavy atom. The Morgan fingerprint density at radius 3 is 2.50 bits per heavy atom. The van der Waals surface area contributed by atoms with Gasteiger partial charge in [0.05, 0.1) is 16.3 Å². The fraction of sp³-hybridized carbons (Fsp3) is 0.190. The highest BCUT2D eigenvalue weighted by atomic mass is 16.6. The average molecular weight is 347 g/mol. The van der Waals surface area contributed by atoms with Crippen molar-refractivity contribution in [3.63, 3.8) is 0 Å². The molecule has 0 amide bonds. The fourth-order valence-electron chi connectivity index (χ4n) is 3.08. The molecule has 0 aliphatic rings. The largest absolute Gasteiger partial charge is 0.318 e. The van der Waals surface area contributed by atoms with Gasteiger partial charge >= 0.3 is 0 Å². The van der Waals surface area contributed by atoms with Gasteiger partial charge in [-0.1, -0.05) is 18.2 Å². The molecule has 0 fully saturated rings. The second-order valence-corrected chi connectivity index (χ2v) is 6.42. The van der Waals surface area contributed by atoms with Gasteiger partial charge in [-0.25, -0.2) is 0 Å². The second-order valence-electron chi connectivity index (χ2n) is 6.42. The van der Waals surface area contributed by atoms with Crippen molar-refractivity contribution in [3.05, 3.63) is 86.7 Å². The molecule has 132 valence electrons. The average Bonchev–Trinajstić information content (AvgIpc) is 2.90. The van der Waals surface area contributed by atoms with Gasteiger partial charge in [0, 0.05) is 35.3 Å². The fourth-order valence-corrected chi connectivity index (χ4v) is 3.08. The summed E-state index contributed by atoms with van der Waals surface area (Å²) in [5.74, 6) is 0. The first-order chi connectivity index (χ1) is 12.4. The number of rotatable bonds is 4. The lowest BCUT2D eigenvalue weighted by Crippen LogP contribution is -2.00. The molecule has 1 heterocycles. The molecule has 0 saturated carbocycles. The lowest BCUT2D eigenvalue weighted by atomic mass is 10.1. The topological polar surface area (TPSA) is 60.4 Å². The van der Waals surface area contributed by atoms with Gasteiger partial charge < -0.3 is 4.57 Å². The van der Waals surface area contributed by atoms with Gasteiger partial charge in [0.2, 0.25) is 0 Å². The van der Waals surface area contributed by atoms with Crippen molar-refractivity contribution in [2.24, 2.45) is 4.99 Å². The first-order valence-corrected chi connectivity index (χ1v) is 8.42. The third kappa shape index (κ3) is 3.28. The summed E-state index contributed by atoms with van der Waals surface area (Å²) in [6, 6.07) is 14.8. The summed E-state index contributed by atoms with van der Waals surface area (Å²) in [7, 11) is 0. The molecule has 1 aromatic heterocycles. The van der Waals surface area contributed by atoms with Gasteiger partial charge in [0.1, 0.15) is 0 Å². The number of aliphatic imine (C=N–C) groups is 1. The molecular weight excluding hydrogens is 326 g/mol. The number of aromatic nitrogens is 1. The highest BCUT2D eigenvalue weighted by molar-refractivity contribution is 5.84. The molecule has 0 bridgehead atoms. The third-order valence-corrected chi connectivity index (χ3v) is 4.69. The Labute approximate surface area is 152 Å². The maximum absolute atomic E-state index is 11.1. The molecule has 0 spiro atoms. The van der Waals surface area contributed by atoms with E-state index in [1.54, 1.807) is 12.1 Å². The lowest BCUT2D eigenvalue weighted by molar-refractivity contribution is -0.384. The molecule has 2 aromatic carbocycles. The van der Waals surface area contributed by atoms with E-state index in [0.717, 1.165) is 33.9 Å². The highest BCUT2D eigenvalue weighted by Gasteiger charge is 2.12. The van der Waals surface area contributed by atoms with Crippen molar-refractivity contribution >= 4 is 17.6 Å². The van der Waals surface area contributed by atoms with Crippen LogP contribution in [-0.2, 0) is 0 Å². The van der Waals surface area contributed by atoms with Gasteiger partial charge in [0.15, 0.2) is 0 Å². The second kappa shape index (κ2) is 6.96. The summed E-state index contributed by atoms with van der Waals surface area (Å²) in [6.07, 6.45) is 1.86. The minimum atomic E-state index is -0.374. The maximum atomic E-state index is 11.1. The van der Waals surface area contributed by atoms with Gasteiger partial charge in [-0.3, -0.25) is 15.1 Å². The first kappa shape index (κ1) is 17.6. The molecule has 0 aliphatic carbocycles. The van der Waals surface area contributed by atoms with Crippen LogP contribution in [0, 0.1) is 37.8 Å². The standard InChI is InChI=1S/C21H21N3O2/c1-14-7-5-10-21(16(14)3)22-13-18-11-15(2)23(17(18)4)19-8-6-9-20(12-19)24(25)26/h5-13H,1-4H3. The molecule has 0 aliphatic heterocycles. The van der Waals surface area contributed by atoms with Crippen molar-refractivity contribution in [2.75, 3.05) is 0 Å². The van der Waals surface area contributed by atoms with Gasteiger partial charge in [0.25, 0.3) is 5.69 Å². The molecule has 3 aromatic rings. The van der Waals surface area contributed by atoms with Crippen LogP contribution in [0.3, 0.4) is 0 Å². The van der Waals surface area contributed by atoms with E-state index >= 15 is 0 Å². The van der Waals surface area contributed by atoms with Crippen LogP contribution in [0.1, 0.15) is 28.1 Å². The van der Waals surface area contributed by atoms with Crippen LogP contribution < -0.4 is 0 Å². The predicted molar refractivity (Wildman–Crippen MR) is 105 cm³/mol. The van der Waals surface area contributed by atoms with Gasteiger partial charge in [-0.2, -0.15) is 0 Å². The molecule has 0 radical (unpaired) electrons. The molecule has 5 nitrogen and oxygen atoms in total. The molecule has 3 rings (SSSR count). The number of nitrogens with zero attached hydrogens (tertiary/aromatic N) is 3. The predicted octanol–water partition coefficient (Wildman–Crippen LogP) is 5.37. The lowest BCUT2D eigenvalue weighted by Gasteiger charge is -2.09. The number of hydrogen-bond donors (Lipinski definition) is 0. The normalized spacial score (nSPS) is 11.2. The van der Waals surface area contributed by atoms with Crippen molar-refractivity contribution in [1.29, 1.82) is 0 Å². The van der Waals surface area contributed by atoms with E-state index < -0.39 is 0 Å². The van der Waals surface area contributed by atoms with Crippen molar-refractivity contribution in [2.45, 2.75) is 27.7 Å². The van der Waals surface area contributed by atoms with Crippen LogP contribution in [0.5, 0.6) is 0 Å². The number of nitro benzene ring substituents is 1. The van der Waals surface area contributed by atoms with Crippen LogP contribution in [0.15, 0.2) is 53.5 Å².